The van der Waals surface area contributed by atoms with Gasteiger partial charge in [-0.15, -0.1) is 0 Å². The zero-order chi connectivity index (χ0) is 12.7. The van der Waals surface area contributed by atoms with E-state index >= 15 is 0 Å². The van der Waals surface area contributed by atoms with Gasteiger partial charge in [0, 0.05) is 11.8 Å². The summed E-state index contributed by atoms with van der Waals surface area (Å²) in [7, 11) is 0. The molecule has 1 aromatic carbocycles. The van der Waals surface area contributed by atoms with E-state index in [1.807, 2.05) is 18.7 Å². The van der Waals surface area contributed by atoms with Crippen molar-refractivity contribution in [1.82, 2.24) is 0 Å². The third-order valence-electron chi connectivity index (χ3n) is 2.28. The van der Waals surface area contributed by atoms with Gasteiger partial charge in [-0.2, -0.15) is 11.8 Å². The van der Waals surface area contributed by atoms with Gasteiger partial charge in [-0.25, -0.2) is 0 Å². The van der Waals surface area contributed by atoms with Crippen molar-refractivity contribution in [2.24, 2.45) is 5.73 Å². The third kappa shape index (κ3) is 6.59. The van der Waals surface area contributed by atoms with Crippen molar-refractivity contribution in [3.05, 3.63) is 29.3 Å². The maximum absolute atomic E-state index is 5.73. The molecule has 0 saturated carbocycles. The van der Waals surface area contributed by atoms with Crippen molar-refractivity contribution in [3.8, 4) is 5.75 Å². The molecule has 0 amide bonds. The van der Waals surface area contributed by atoms with Crippen LogP contribution in [-0.4, -0.2) is 24.2 Å². The number of benzene rings is 1. The van der Waals surface area contributed by atoms with Crippen molar-refractivity contribution in [3.63, 3.8) is 0 Å². The normalized spacial score (nSPS) is 12.5. The predicted octanol–water partition coefficient (Wildman–Crippen LogP) is 3.15. The van der Waals surface area contributed by atoms with Gasteiger partial charge >= 0.3 is 0 Å². The molecule has 0 aromatic heterocycles. The summed E-state index contributed by atoms with van der Waals surface area (Å²) >= 11 is 1.90. The minimum absolute atomic E-state index is 0.292. The first-order chi connectivity index (χ1) is 8.08. The predicted molar refractivity (Wildman–Crippen MR) is 77.0 cm³/mol. The van der Waals surface area contributed by atoms with E-state index < -0.39 is 0 Å². The Hall–Kier alpha value is -0.670. The lowest BCUT2D eigenvalue weighted by molar-refractivity contribution is 0.318. The second-order valence-corrected chi connectivity index (χ2v) is 5.73. The van der Waals surface area contributed by atoms with Crippen molar-refractivity contribution in [1.29, 1.82) is 0 Å². The summed E-state index contributed by atoms with van der Waals surface area (Å²) in [6, 6.07) is 6.62. The molecule has 0 saturated heterocycles. The zero-order valence-electron chi connectivity index (χ0n) is 11.0. The lowest BCUT2D eigenvalue weighted by atomic mass is 10.1. The van der Waals surface area contributed by atoms with E-state index in [2.05, 4.69) is 32.0 Å². The van der Waals surface area contributed by atoms with Gasteiger partial charge in [0.2, 0.25) is 0 Å². The molecule has 3 heteroatoms. The zero-order valence-corrected chi connectivity index (χ0v) is 11.8. The van der Waals surface area contributed by atoms with Gasteiger partial charge in [-0.05, 0) is 56.2 Å². The fourth-order valence-electron chi connectivity index (χ4n) is 1.64. The molecule has 2 N–H and O–H groups in total. The van der Waals surface area contributed by atoms with Crippen LogP contribution >= 0.6 is 11.8 Å². The Bertz CT molecular complexity index is 319. The van der Waals surface area contributed by atoms with Crippen LogP contribution in [0.3, 0.4) is 0 Å². The van der Waals surface area contributed by atoms with E-state index in [1.165, 1.54) is 11.1 Å². The van der Waals surface area contributed by atoms with Gasteiger partial charge in [0.15, 0.2) is 0 Å². The molecule has 0 spiro atoms. The van der Waals surface area contributed by atoms with Crippen molar-refractivity contribution in [2.45, 2.75) is 33.2 Å². The number of nitrogens with two attached hydrogens (primary N) is 1. The molecule has 0 aliphatic heterocycles. The Balaban J connectivity index is 2.18. The van der Waals surface area contributed by atoms with Crippen LogP contribution in [0.15, 0.2) is 18.2 Å². The highest BCUT2D eigenvalue weighted by atomic mass is 32.2. The van der Waals surface area contributed by atoms with Crippen LogP contribution in [0.25, 0.3) is 0 Å². The quantitative estimate of drug-likeness (QED) is 0.758. The van der Waals surface area contributed by atoms with Crippen LogP contribution in [0.5, 0.6) is 5.75 Å². The first-order valence-corrected chi connectivity index (χ1v) is 7.28. The number of ether oxygens (including phenoxy) is 1. The van der Waals surface area contributed by atoms with E-state index in [4.69, 9.17) is 10.5 Å². The monoisotopic (exact) mass is 253 g/mol. The molecule has 2 nitrogen and oxygen atoms in total. The fourth-order valence-corrected chi connectivity index (χ4v) is 2.50. The highest BCUT2D eigenvalue weighted by Crippen LogP contribution is 2.16. The minimum Gasteiger partial charge on any atom is -0.494 e. The number of hydrogen-bond donors (Lipinski definition) is 1. The van der Waals surface area contributed by atoms with Crippen LogP contribution in [0, 0.1) is 13.8 Å². The summed E-state index contributed by atoms with van der Waals surface area (Å²) in [5.74, 6) is 3.13. The van der Waals surface area contributed by atoms with Crippen molar-refractivity contribution in [2.75, 3.05) is 18.1 Å². The molecule has 1 unspecified atom stereocenters. The van der Waals surface area contributed by atoms with Crippen LogP contribution in [0.2, 0.25) is 0 Å². The Morgan fingerprint density at radius 1 is 1.24 bits per heavy atom. The maximum atomic E-state index is 5.73. The van der Waals surface area contributed by atoms with Crippen LogP contribution in [0.4, 0.5) is 0 Å². The summed E-state index contributed by atoms with van der Waals surface area (Å²) < 4.78 is 5.73. The van der Waals surface area contributed by atoms with E-state index in [0.717, 1.165) is 30.3 Å². The number of rotatable bonds is 7. The molecule has 0 heterocycles. The summed E-state index contributed by atoms with van der Waals surface area (Å²) in [6.45, 7) is 7.02. The van der Waals surface area contributed by atoms with E-state index in [9.17, 15) is 0 Å². The smallest absolute Gasteiger partial charge is 0.119 e. The van der Waals surface area contributed by atoms with Crippen LogP contribution < -0.4 is 10.5 Å². The van der Waals surface area contributed by atoms with Crippen molar-refractivity contribution >= 4 is 11.8 Å². The molecule has 1 aromatic rings. The molecular formula is C14H23NOS. The highest BCUT2D eigenvalue weighted by molar-refractivity contribution is 7.99. The minimum atomic E-state index is 0.292. The van der Waals surface area contributed by atoms with E-state index in [-0.39, 0.29) is 0 Å². The van der Waals surface area contributed by atoms with Gasteiger partial charge in [0.1, 0.15) is 5.75 Å². The van der Waals surface area contributed by atoms with Gasteiger partial charge in [-0.1, -0.05) is 6.07 Å². The molecule has 0 aliphatic carbocycles. The average molecular weight is 253 g/mol. The third-order valence-corrected chi connectivity index (χ3v) is 3.62. The molecule has 0 fully saturated rings. The summed E-state index contributed by atoms with van der Waals surface area (Å²) in [4.78, 5) is 0. The molecule has 0 radical (unpaired) electrons. The molecule has 0 bridgehead atoms. The van der Waals surface area contributed by atoms with Crippen molar-refractivity contribution < 1.29 is 4.74 Å². The first kappa shape index (κ1) is 14.4. The van der Waals surface area contributed by atoms with Crippen LogP contribution in [-0.2, 0) is 0 Å². The average Bonchev–Trinajstić information content (AvgIpc) is 2.21. The summed E-state index contributed by atoms with van der Waals surface area (Å²) in [5.41, 5.74) is 8.19. The Kier molecular flexibility index (Phi) is 6.45. The highest BCUT2D eigenvalue weighted by Gasteiger charge is 1.98. The maximum Gasteiger partial charge on any atom is 0.119 e. The SMILES string of the molecule is Cc1cc(C)cc(OCCCSCC(C)N)c1. The van der Waals surface area contributed by atoms with E-state index in [0.29, 0.717) is 6.04 Å². The Morgan fingerprint density at radius 2 is 1.88 bits per heavy atom. The number of thioether (sulfide) groups is 1. The fraction of sp³-hybridized carbons (Fsp3) is 0.571. The molecular weight excluding hydrogens is 230 g/mol. The lowest BCUT2D eigenvalue weighted by Gasteiger charge is -2.08. The number of hydrogen-bond acceptors (Lipinski definition) is 3. The Morgan fingerprint density at radius 3 is 2.47 bits per heavy atom. The second-order valence-electron chi connectivity index (χ2n) is 4.58. The summed E-state index contributed by atoms with van der Waals surface area (Å²) in [6.07, 6.45) is 1.07. The molecule has 96 valence electrons. The van der Waals surface area contributed by atoms with E-state index in [1.54, 1.807) is 0 Å². The van der Waals surface area contributed by atoms with Gasteiger partial charge in [0.25, 0.3) is 0 Å². The molecule has 1 atom stereocenters. The second kappa shape index (κ2) is 7.62. The number of aryl methyl sites for hydroxylation is 2. The first-order valence-electron chi connectivity index (χ1n) is 6.12. The summed E-state index contributed by atoms with van der Waals surface area (Å²) in [5, 5.41) is 0. The van der Waals surface area contributed by atoms with Crippen LogP contribution in [0.1, 0.15) is 24.5 Å². The molecule has 1 rings (SSSR count). The largest absolute Gasteiger partial charge is 0.494 e. The standard InChI is InChI=1S/C14H23NOS/c1-11-7-12(2)9-14(8-11)16-5-4-6-17-10-13(3)15/h7-9,13H,4-6,10,15H2,1-3H3. The molecule has 17 heavy (non-hydrogen) atoms. The molecule has 0 aliphatic rings. The topological polar surface area (TPSA) is 35.2 Å². The van der Waals surface area contributed by atoms with Gasteiger partial charge in [0.05, 0.1) is 6.61 Å². The van der Waals surface area contributed by atoms with Gasteiger partial charge < -0.3 is 10.5 Å². The lowest BCUT2D eigenvalue weighted by Crippen LogP contribution is -2.17. The Labute approximate surface area is 109 Å². The van der Waals surface area contributed by atoms with Gasteiger partial charge in [-0.3, -0.25) is 0 Å².